The zero-order valence-corrected chi connectivity index (χ0v) is 11.8. The molecule has 2 rings (SSSR count). The number of hydrogen-bond donors (Lipinski definition) is 0. The molecule has 2 aromatic heterocycles. The maximum Gasteiger partial charge on any atom is 0.360 e. The predicted octanol–water partition coefficient (Wildman–Crippen LogP) is 0.0719. The Bertz CT molecular complexity index is 589. The third kappa shape index (κ3) is 2.65. The Labute approximate surface area is 115 Å². The van der Waals surface area contributed by atoms with E-state index in [4.69, 9.17) is 0 Å². The Kier molecular flexibility index (Phi) is 4.38. The lowest BCUT2D eigenvalue weighted by Crippen LogP contribution is -2.14. The van der Waals surface area contributed by atoms with Crippen LogP contribution in [0.4, 0.5) is 0 Å². The molecule has 0 spiro atoms. The lowest BCUT2D eigenvalue weighted by Gasteiger charge is -2.05. The summed E-state index contributed by atoms with van der Waals surface area (Å²) >= 11 is 0. The predicted molar refractivity (Wildman–Crippen MR) is 67.9 cm³/mol. The summed E-state index contributed by atoms with van der Waals surface area (Å²) in [4.78, 5) is 11.6. The highest BCUT2D eigenvalue weighted by molar-refractivity contribution is 5.88. The molecule has 0 unspecified atom stereocenters. The Hall–Kier alpha value is -2.32. The number of esters is 1. The van der Waals surface area contributed by atoms with Gasteiger partial charge in [-0.25, -0.2) is 14.2 Å². The average Bonchev–Trinajstić information content (AvgIpc) is 3.06. The van der Waals surface area contributed by atoms with Crippen molar-refractivity contribution in [2.75, 3.05) is 7.11 Å². The third-order valence-electron chi connectivity index (χ3n) is 2.88. The van der Waals surface area contributed by atoms with Gasteiger partial charge in [0.25, 0.3) is 0 Å². The van der Waals surface area contributed by atoms with E-state index in [0.29, 0.717) is 24.5 Å². The van der Waals surface area contributed by atoms with Gasteiger partial charge in [-0.2, -0.15) is 0 Å². The number of carbonyl (C=O) groups excluding carboxylic acids is 1. The molecule has 9 heteroatoms. The molecular formula is C11H17N7O2. The summed E-state index contributed by atoms with van der Waals surface area (Å²) in [6.45, 7) is 5.09. The second kappa shape index (κ2) is 6.22. The van der Waals surface area contributed by atoms with Crippen molar-refractivity contribution >= 4 is 5.97 Å². The van der Waals surface area contributed by atoms with E-state index in [0.717, 1.165) is 13.0 Å². The fraction of sp³-hybridized carbons (Fsp3) is 0.636. The van der Waals surface area contributed by atoms with E-state index < -0.39 is 5.97 Å². The van der Waals surface area contributed by atoms with Crippen LogP contribution in [-0.2, 0) is 24.2 Å². The molecule has 0 saturated heterocycles. The number of rotatable bonds is 6. The van der Waals surface area contributed by atoms with E-state index in [1.54, 1.807) is 9.36 Å². The minimum atomic E-state index is -0.485. The molecular weight excluding hydrogens is 262 g/mol. The van der Waals surface area contributed by atoms with E-state index >= 15 is 0 Å². The van der Waals surface area contributed by atoms with Crippen molar-refractivity contribution < 1.29 is 9.53 Å². The quantitative estimate of drug-likeness (QED) is 0.690. The number of tetrazole rings is 1. The first-order valence-electron chi connectivity index (χ1n) is 6.46. The van der Waals surface area contributed by atoms with Crippen LogP contribution in [0, 0.1) is 0 Å². The highest BCUT2D eigenvalue weighted by Crippen LogP contribution is 2.09. The molecule has 9 nitrogen and oxygen atoms in total. The molecule has 0 bridgehead atoms. The van der Waals surface area contributed by atoms with Crippen molar-refractivity contribution in [1.82, 2.24) is 35.2 Å². The smallest absolute Gasteiger partial charge is 0.360 e. The topological polar surface area (TPSA) is 101 Å². The monoisotopic (exact) mass is 279 g/mol. The Morgan fingerprint density at radius 3 is 2.65 bits per heavy atom. The molecule has 0 aromatic carbocycles. The summed E-state index contributed by atoms with van der Waals surface area (Å²) in [5.41, 5.74) is 0.951. The first kappa shape index (κ1) is 14.1. The van der Waals surface area contributed by atoms with E-state index in [1.165, 1.54) is 7.11 Å². The van der Waals surface area contributed by atoms with E-state index in [2.05, 4.69) is 30.6 Å². The molecule has 2 heterocycles. The number of aromatic nitrogens is 7. The van der Waals surface area contributed by atoms with Crippen LogP contribution in [0.2, 0.25) is 0 Å². The normalized spacial score (nSPS) is 10.8. The Balaban J connectivity index is 2.27. The number of hydrogen-bond acceptors (Lipinski definition) is 7. The maximum absolute atomic E-state index is 11.6. The van der Waals surface area contributed by atoms with Gasteiger partial charge in [0.15, 0.2) is 11.5 Å². The van der Waals surface area contributed by atoms with Crippen molar-refractivity contribution in [1.29, 1.82) is 0 Å². The molecule has 0 saturated carbocycles. The van der Waals surface area contributed by atoms with Crippen molar-refractivity contribution in [2.45, 2.75) is 39.8 Å². The van der Waals surface area contributed by atoms with E-state index in [1.807, 2.05) is 13.8 Å². The lowest BCUT2D eigenvalue weighted by molar-refractivity contribution is 0.0592. The number of ether oxygens (including phenoxy) is 1. The molecule has 20 heavy (non-hydrogen) atoms. The van der Waals surface area contributed by atoms with Gasteiger partial charge in [-0.3, -0.25) is 0 Å². The SMILES string of the molecule is CCCn1nnnc1Cn1nnc(C(=O)OC)c1CC. The van der Waals surface area contributed by atoms with Crippen LogP contribution in [-0.4, -0.2) is 48.3 Å². The zero-order valence-electron chi connectivity index (χ0n) is 11.8. The summed E-state index contributed by atoms with van der Waals surface area (Å²) < 4.78 is 8.04. The van der Waals surface area contributed by atoms with Crippen LogP contribution in [0.3, 0.4) is 0 Å². The molecule has 0 aliphatic rings. The highest BCUT2D eigenvalue weighted by atomic mass is 16.5. The fourth-order valence-corrected chi connectivity index (χ4v) is 1.92. The Morgan fingerprint density at radius 2 is 2.00 bits per heavy atom. The molecule has 0 aliphatic carbocycles. The number of methoxy groups -OCH3 is 1. The minimum Gasteiger partial charge on any atom is -0.464 e. The van der Waals surface area contributed by atoms with Crippen LogP contribution in [0.15, 0.2) is 0 Å². The van der Waals surface area contributed by atoms with Gasteiger partial charge in [-0.05, 0) is 23.3 Å². The van der Waals surface area contributed by atoms with Gasteiger partial charge >= 0.3 is 5.97 Å². The van der Waals surface area contributed by atoms with Crippen molar-refractivity contribution in [3.05, 3.63) is 17.2 Å². The number of aryl methyl sites for hydroxylation is 1. The summed E-state index contributed by atoms with van der Waals surface area (Å²) in [6, 6.07) is 0. The number of carbonyl (C=O) groups is 1. The van der Waals surface area contributed by atoms with Crippen molar-refractivity contribution in [2.24, 2.45) is 0 Å². The summed E-state index contributed by atoms with van der Waals surface area (Å²) in [5, 5.41) is 19.4. The number of nitrogens with zero attached hydrogens (tertiary/aromatic N) is 7. The van der Waals surface area contributed by atoms with Crippen LogP contribution < -0.4 is 0 Å². The molecule has 0 atom stereocenters. The van der Waals surface area contributed by atoms with Gasteiger partial charge in [0.05, 0.1) is 12.8 Å². The maximum atomic E-state index is 11.6. The van der Waals surface area contributed by atoms with Gasteiger partial charge in [-0.1, -0.05) is 19.1 Å². The van der Waals surface area contributed by atoms with Gasteiger partial charge in [0.1, 0.15) is 6.54 Å². The lowest BCUT2D eigenvalue weighted by atomic mass is 10.2. The summed E-state index contributed by atoms with van der Waals surface area (Å²) in [6.07, 6.45) is 1.55. The summed E-state index contributed by atoms with van der Waals surface area (Å²) in [7, 11) is 1.32. The molecule has 0 fully saturated rings. The van der Waals surface area contributed by atoms with Crippen LogP contribution >= 0.6 is 0 Å². The molecule has 0 N–H and O–H groups in total. The van der Waals surface area contributed by atoms with Gasteiger partial charge in [0.2, 0.25) is 0 Å². The second-order valence-corrected chi connectivity index (χ2v) is 4.21. The van der Waals surface area contributed by atoms with Crippen molar-refractivity contribution in [3.63, 3.8) is 0 Å². The van der Waals surface area contributed by atoms with E-state index in [9.17, 15) is 4.79 Å². The fourth-order valence-electron chi connectivity index (χ4n) is 1.92. The second-order valence-electron chi connectivity index (χ2n) is 4.21. The molecule has 0 amide bonds. The minimum absolute atomic E-state index is 0.240. The molecule has 108 valence electrons. The summed E-state index contributed by atoms with van der Waals surface area (Å²) in [5.74, 6) is 0.198. The molecule has 2 aromatic rings. The Morgan fingerprint density at radius 1 is 1.20 bits per heavy atom. The average molecular weight is 279 g/mol. The first-order chi connectivity index (χ1) is 9.71. The van der Waals surface area contributed by atoms with Gasteiger partial charge in [-0.15, -0.1) is 10.2 Å². The van der Waals surface area contributed by atoms with Gasteiger partial charge in [0, 0.05) is 6.54 Å². The van der Waals surface area contributed by atoms with Crippen LogP contribution in [0.1, 0.15) is 42.3 Å². The largest absolute Gasteiger partial charge is 0.464 e. The zero-order chi connectivity index (χ0) is 14.5. The highest BCUT2D eigenvalue weighted by Gasteiger charge is 2.20. The first-order valence-corrected chi connectivity index (χ1v) is 6.46. The van der Waals surface area contributed by atoms with Crippen LogP contribution in [0.25, 0.3) is 0 Å². The van der Waals surface area contributed by atoms with Crippen molar-refractivity contribution in [3.8, 4) is 0 Å². The van der Waals surface area contributed by atoms with Gasteiger partial charge < -0.3 is 4.74 Å². The molecule has 0 aliphatic heterocycles. The standard InChI is InChI=1S/C11H17N7O2/c1-4-6-17-9(12-14-16-17)7-18-8(5-2)10(13-15-18)11(19)20-3/h4-7H2,1-3H3. The van der Waals surface area contributed by atoms with Crippen LogP contribution in [0.5, 0.6) is 0 Å². The third-order valence-corrected chi connectivity index (χ3v) is 2.88. The van der Waals surface area contributed by atoms with E-state index in [-0.39, 0.29) is 5.69 Å². The molecule has 0 radical (unpaired) electrons.